The van der Waals surface area contributed by atoms with Gasteiger partial charge in [-0.15, -0.1) is 0 Å². The van der Waals surface area contributed by atoms with E-state index in [0.29, 0.717) is 6.42 Å². The third-order valence-electron chi connectivity index (χ3n) is 6.46. The topological polar surface area (TPSA) is 63.4 Å². The maximum Gasteiger partial charge on any atom is 0.231 e. The number of amides is 1. The number of aryl methyl sites for hydroxylation is 1. The summed E-state index contributed by atoms with van der Waals surface area (Å²) >= 11 is 0. The van der Waals surface area contributed by atoms with Crippen molar-refractivity contribution in [2.75, 3.05) is 6.79 Å². The van der Waals surface area contributed by atoms with Crippen LogP contribution >= 0.6 is 0 Å². The highest BCUT2D eigenvalue weighted by Crippen LogP contribution is 2.40. The minimum absolute atomic E-state index is 0.00927. The number of aromatic nitrogens is 1. The van der Waals surface area contributed by atoms with Crippen LogP contribution < -0.4 is 14.8 Å². The molecule has 5 heteroatoms. The Kier molecular flexibility index (Phi) is 5.78. The number of ether oxygens (including phenoxy) is 2. The van der Waals surface area contributed by atoms with Gasteiger partial charge in [0.1, 0.15) is 0 Å². The first-order chi connectivity index (χ1) is 16.1. The number of carbonyl (C=O) groups is 1. The maximum absolute atomic E-state index is 13.2. The van der Waals surface area contributed by atoms with E-state index in [9.17, 15) is 4.79 Å². The van der Waals surface area contributed by atoms with Crippen LogP contribution in [0.15, 0.2) is 72.9 Å². The molecule has 1 aliphatic rings. The number of carbonyl (C=O) groups excluding carboxylic acids is 1. The molecule has 5 nitrogen and oxygen atoms in total. The summed E-state index contributed by atoms with van der Waals surface area (Å²) in [4.78, 5) is 16.7. The first-order valence-corrected chi connectivity index (χ1v) is 11.5. The Morgan fingerprint density at radius 2 is 1.82 bits per heavy atom. The van der Waals surface area contributed by atoms with Crippen molar-refractivity contribution in [3.8, 4) is 11.5 Å². The molecular weight excluding hydrogens is 412 g/mol. The van der Waals surface area contributed by atoms with Gasteiger partial charge < -0.3 is 19.8 Å². The van der Waals surface area contributed by atoms with Crippen LogP contribution in [-0.4, -0.2) is 17.7 Å². The second-order valence-electron chi connectivity index (χ2n) is 8.51. The molecule has 5 rings (SSSR count). The van der Waals surface area contributed by atoms with E-state index in [1.54, 1.807) is 0 Å². The Labute approximate surface area is 193 Å². The van der Waals surface area contributed by atoms with Gasteiger partial charge in [-0.2, -0.15) is 0 Å². The molecule has 1 aliphatic heterocycles. The number of benzene rings is 3. The van der Waals surface area contributed by atoms with Crippen LogP contribution in [0.2, 0.25) is 0 Å². The summed E-state index contributed by atoms with van der Waals surface area (Å²) in [6.07, 6.45) is 3.33. The molecule has 3 aromatic carbocycles. The average Bonchev–Trinajstić information content (AvgIpc) is 3.49. The summed E-state index contributed by atoms with van der Waals surface area (Å²) in [6, 6.07) is 22.3. The van der Waals surface area contributed by atoms with Gasteiger partial charge in [0.25, 0.3) is 0 Å². The smallest absolute Gasteiger partial charge is 0.231 e. The molecule has 2 atom stereocenters. The lowest BCUT2D eigenvalue weighted by Gasteiger charge is -2.20. The van der Waals surface area contributed by atoms with Gasteiger partial charge in [-0.1, -0.05) is 61.5 Å². The summed E-state index contributed by atoms with van der Waals surface area (Å²) in [5.41, 5.74) is 5.64. The van der Waals surface area contributed by atoms with Gasteiger partial charge in [0, 0.05) is 29.4 Å². The third-order valence-corrected chi connectivity index (χ3v) is 6.46. The molecule has 0 spiro atoms. The number of para-hydroxylation sites is 1. The van der Waals surface area contributed by atoms with Gasteiger partial charge in [-0.05, 0) is 47.7 Å². The Morgan fingerprint density at radius 3 is 2.64 bits per heavy atom. The van der Waals surface area contributed by atoms with Crippen LogP contribution in [0.5, 0.6) is 11.5 Å². The molecule has 2 N–H and O–H groups in total. The molecule has 0 fully saturated rings. The predicted octanol–water partition coefficient (Wildman–Crippen LogP) is 5.86. The fourth-order valence-corrected chi connectivity index (χ4v) is 4.67. The highest BCUT2D eigenvalue weighted by atomic mass is 16.7. The van der Waals surface area contributed by atoms with E-state index in [4.69, 9.17) is 9.47 Å². The van der Waals surface area contributed by atoms with Crippen LogP contribution in [0.4, 0.5) is 0 Å². The number of H-pyrrole nitrogens is 1. The van der Waals surface area contributed by atoms with E-state index >= 15 is 0 Å². The molecule has 33 heavy (non-hydrogen) atoms. The summed E-state index contributed by atoms with van der Waals surface area (Å²) in [5, 5.41) is 4.33. The molecule has 0 saturated carbocycles. The van der Waals surface area contributed by atoms with Gasteiger partial charge in [-0.3, -0.25) is 4.79 Å². The van der Waals surface area contributed by atoms with Gasteiger partial charge >= 0.3 is 0 Å². The summed E-state index contributed by atoms with van der Waals surface area (Å²) in [6.45, 7) is 4.40. The zero-order valence-electron chi connectivity index (χ0n) is 18.9. The van der Waals surface area contributed by atoms with Crippen LogP contribution in [0.3, 0.4) is 0 Å². The van der Waals surface area contributed by atoms with E-state index in [1.807, 2.05) is 61.7 Å². The quantitative estimate of drug-likeness (QED) is 0.378. The minimum Gasteiger partial charge on any atom is -0.454 e. The van der Waals surface area contributed by atoms with E-state index in [2.05, 4.69) is 35.4 Å². The van der Waals surface area contributed by atoms with Crippen LogP contribution in [-0.2, 0) is 11.2 Å². The molecular formula is C28H28N2O3. The highest BCUT2D eigenvalue weighted by Gasteiger charge is 2.25. The van der Waals surface area contributed by atoms with Crippen LogP contribution in [0.25, 0.3) is 10.9 Å². The first kappa shape index (κ1) is 21.1. The van der Waals surface area contributed by atoms with E-state index in [-0.39, 0.29) is 24.7 Å². The monoisotopic (exact) mass is 440 g/mol. The van der Waals surface area contributed by atoms with Gasteiger partial charge in [0.15, 0.2) is 11.5 Å². The van der Waals surface area contributed by atoms with Crippen molar-refractivity contribution < 1.29 is 14.3 Å². The number of fused-ring (bicyclic) bond motifs is 2. The Bertz CT molecular complexity index is 1280. The number of rotatable bonds is 7. The van der Waals surface area contributed by atoms with Crippen LogP contribution in [0.1, 0.15) is 54.5 Å². The molecule has 2 heterocycles. The molecule has 1 amide bonds. The standard InChI is InChI=1S/C28H28N2O3/c1-3-19-10-7-11-22-24(16-29-28(19)22)23(21-12-13-25-26(14-21)33-17-32-25)15-27(31)30-18(2)20-8-5-4-6-9-20/h4-14,16,18,23,29H,3,15,17H2,1-2H3,(H,30,31)/t18-,23-/m1/s1. The fraction of sp³-hybridized carbons (Fsp3) is 0.250. The Hall–Kier alpha value is -3.73. The fourth-order valence-electron chi connectivity index (χ4n) is 4.67. The van der Waals surface area contributed by atoms with Crippen molar-refractivity contribution in [2.45, 2.75) is 38.6 Å². The lowest BCUT2D eigenvalue weighted by atomic mass is 9.87. The summed E-state index contributed by atoms with van der Waals surface area (Å²) in [5.74, 6) is 1.36. The zero-order valence-corrected chi connectivity index (χ0v) is 18.9. The van der Waals surface area contributed by atoms with Crippen molar-refractivity contribution >= 4 is 16.8 Å². The maximum atomic E-state index is 13.2. The lowest BCUT2D eigenvalue weighted by molar-refractivity contribution is -0.121. The van der Waals surface area contributed by atoms with Gasteiger partial charge in [0.05, 0.1) is 6.04 Å². The van der Waals surface area contributed by atoms with Gasteiger partial charge in [0.2, 0.25) is 12.7 Å². The highest BCUT2D eigenvalue weighted by molar-refractivity contribution is 5.88. The van der Waals surface area contributed by atoms with E-state index < -0.39 is 0 Å². The minimum atomic E-state index is -0.122. The van der Waals surface area contributed by atoms with Crippen molar-refractivity contribution in [2.24, 2.45) is 0 Å². The second kappa shape index (κ2) is 9.02. The van der Waals surface area contributed by atoms with Crippen molar-refractivity contribution in [3.63, 3.8) is 0 Å². The lowest BCUT2D eigenvalue weighted by Crippen LogP contribution is -2.28. The van der Waals surface area contributed by atoms with Crippen molar-refractivity contribution in [1.82, 2.24) is 10.3 Å². The number of aromatic amines is 1. The average molecular weight is 441 g/mol. The molecule has 0 saturated heterocycles. The molecule has 4 aromatic rings. The molecule has 0 unspecified atom stereocenters. The first-order valence-electron chi connectivity index (χ1n) is 11.5. The zero-order chi connectivity index (χ0) is 22.8. The number of hydrogen-bond acceptors (Lipinski definition) is 3. The van der Waals surface area contributed by atoms with Crippen molar-refractivity contribution in [3.05, 3.63) is 95.2 Å². The number of hydrogen-bond donors (Lipinski definition) is 2. The van der Waals surface area contributed by atoms with E-state index in [0.717, 1.165) is 45.5 Å². The molecule has 0 aliphatic carbocycles. The predicted molar refractivity (Wildman–Crippen MR) is 130 cm³/mol. The van der Waals surface area contributed by atoms with E-state index in [1.165, 1.54) is 5.56 Å². The van der Waals surface area contributed by atoms with Crippen molar-refractivity contribution in [1.29, 1.82) is 0 Å². The molecule has 168 valence electrons. The normalized spacial score (nSPS) is 14.2. The largest absolute Gasteiger partial charge is 0.454 e. The van der Waals surface area contributed by atoms with Crippen LogP contribution in [0, 0.1) is 0 Å². The summed E-state index contributed by atoms with van der Waals surface area (Å²) in [7, 11) is 0. The number of nitrogens with one attached hydrogen (secondary N) is 2. The Balaban J connectivity index is 1.49. The van der Waals surface area contributed by atoms with Gasteiger partial charge in [-0.25, -0.2) is 0 Å². The second-order valence-corrected chi connectivity index (χ2v) is 8.51. The summed E-state index contributed by atoms with van der Waals surface area (Å²) < 4.78 is 11.1. The molecule has 0 radical (unpaired) electrons. The SMILES string of the molecule is CCc1cccc2c([C@H](CC(=O)N[C@H](C)c3ccccc3)c3ccc4c(c3)OCO4)c[nH]c12. The molecule has 0 bridgehead atoms. The third kappa shape index (κ3) is 4.19. The Morgan fingerprint density at radius 1 is 1.00 bits per heavy atom. The molecule has 1 aromatic heterocycles.